The van der Waals surface area contributed by atoms with Gasteiger partial charge < -0.3 is 10.1 Å². The van der Waals surface area contributed by atoms with E-state index >= 15 is 0 Å². The van der Waals surface area contributed by atoms with Crippen molar-refractivity contribution in [3.05, 3.63) is 60.2 Å². The Balaban J connectivity index is 2.34. The Labute approximate surface area is 168 Å². The number of nitrogens with zero attached hydrogens (tertiary/aromatic N) is 1. The number of hydrogen-bond acceptors (Lipinski definition) is 3. The number of methoxy groups -OCH3 is 1. The summed E-state index contributed by atoms with van der Waals surface area (Å²) in [6.07, 6.45) is 1.55. The molecule has 0 bridgehead atoms. The third-order valence-electron chi connectivity index (χ3n) is 3.22. The molecule has 6 heteroatoms. The number of nitriles is 1. The van der Waals surface area contributed by atoms with Gasteiger partial charge in [0.15, 0.2) is 0 Å². The lowest BCUT2D eigenvalue weighted by Gasteiger charge is -2.09. The van der Waals surface area contributed by atoms with Gasteiger partial charge in [-0.05, 0) is 82.4 Å². The maximum absolute atomic E-state index is 12.4. The molecule has 122 valence electrons. The molecule has 1 amide bonds. The number of anilines is 1. The first-order chi connectivity index (χ1) is 11.4. The molecule has 24 heavy (non-hydrogen) atoms. The van der Waals surface area contributed by atoms with E-state index in [9.17, 15) is 10.1 Å². The van der Waals surface area contributed by atoms with Crippen LogP contribution in [-0.2, 0) is 4.79 Å². The van der Waals surface area contributed by atoms with Crippen LogP contribution in [0.5, 0.6) is 5.75 Å². The van der Waals surface area contributed by atoms with Crippen molar-refractivity contribution in [1.29, 1.82) is 5.26 Å². The van der Waals surface area contributed by atoms with E-state index in [1.165, 1.54) is 0 Å². The van der Waals surface area contributed by atoms with Crippen molar-refractivity contribution in [1.82, 2.24) is 0 Å². The fraction of sp³-hybridized carbons (Fsp3) is 0.111. The minimum absolute atomic E-state index is 0.0201. The number of aryl methyl sites for hydroxylation is 1. The molecule has 0 saturated carbocycles. The number of benzene rings is 2. The van der Waals surface area contributed by atoms with Crippen LogP contribution in [-0.4, -0.2) is 13.0 Å². The highest BCUT2D eigenvalue weighted by Crippen LogP contribution is 2.30. The van der Waals surface area contributed by atoms with E-state index in [4.69, 9.17) is 4.74 Å². The standard InChI is InChI=1S/C18H14I2N2O2/c1-11-3-5-15(6-4-11)22-18(23)13(10-21)7-12-8-14(19)9-16(20)17(12)24-2/h3-9H,1-2H3,(H,22,23)/b13-7+. The van der Waals surface area contributed by atoms with Crippen molar-refractivity contribution in [2.24, 2.45) is 0 Å². The van der Waals surface area contributed by atoms with E-state index in [2.05, 4.69) is 50.5 Å². The minimum atomic E-state index is -0.447. The zero-order chi connectivity index (χ0) is 17.7. The SMILES string of the molecule is COc1c(I)cc(I)cc1/C=C(\C#N)C(=O)Nc1ccc(C)cc1. The average molecular weight is 544 g/mol. The largest absolute Gasteiger partial charge is 0.495 e. The first-order valence-corrected chi connectivity index (χ1v) is 9.13. The number of carbonyl (C=O) groups is 1. The maximum Gasteiger partial charge on any atom is 0.266 e. The number of nitrogens with one attached hydrogen (secondary N) is 1. The molecule has 2 aromatic carbocycles. The molecular formula is C18H14I2N2O2. The van der Waals surface area contributed by atoms with Gasteiger partial charge in [0.2, 0.25) is 0 Å². The topological polar surface area (TPSA) is 62.1 Å². The predicted octanol–water partition coefficient (Wildman–Crippen LogP) is 4.76. The highest BCUT2D eigenvalue weighted by atomic mass is 127. The van der Waals surface area contributed by atoms with Gasteiger partial charge in [-0.2, -0.15) is 5.26 Å². The second-order valence-electron chi connectivity index (χ2n) is 5.00. The van der Waals surface area contributed by atoms with Crippen LogP contribution in [0.2, 0.25) is 0 Å². The lowest BCUT2D eigenvalue weighted by molar-refractivity contribution is -0.112. The molecule has 0 aliphatic heterocycles. The van der Waals surface area contributed by atoms with Crippen LogP contribution in [0.4, 0.5) is 5.69 Å². The first-order valence-electron chi connectivity index (χ1n) is 6.97. The third kappa shape index (κ3) is 4.70. The van der Waals surface area contributed by atoms with Crippen LogP contribution < -0.4 is 10.1 Å². The zero-order valence-electron chi connectivity index (χ0n) is 13.1. The Morgan fingerprint density at radius 2 is 1.92 bits per heavy atom. The molecule has 0 spiro atoms. The second kappa shape index (κ2) is 8.48. The van der Waals surface area contributed by atoms with E-state index < -0.39 is 5.91 Å². The van der Waals surface area contributed by atoms with E-state index in [0.29, 0.717) is 17.0 Å². The molecule has 1 N–H and O–H groups in total. The van der Waals surface area contributed by atoms with Crippen LogP contribution in [0, 0.1) is 25.4 Å². The Bertz CT molecular complexity index is 837. The van der Waals surface area contributed by atoms with Crippen molar-refractivity contribution in [2.75, 3.05) is 12.4 Å². The molecule has 2 aromatic rings. The smallest absolute Gasteiger partial charge is 0.266 e. The zero-order valence-corrected chi connectivity index (χ0v) is 17.4. The molecule has 0 aliphatic rings. The fourth-order valence-corrected chi connectivity index (χ4v) is 4.15. The monoisotopic (exact) mass is 544 g/mol. The van der Waals surface area contributed by atoms with Gasteiger partial charge in [0.25, 0.3) is 5.91 Å². The molecule has 0 unspecified atom stereocenters. The molecule has 0 radical (unpaired) electrons. The second-order valence-corrected chi connectivity index (χ2v) is 7.41. The van der Waals surface area contributed by atoms with Crippen LogP contribution in [0.25, 0.3) is 6.08 Å². The molecule has 4 nitrogen and oxygen atoms in total. The molecule has 0 aromatic heterocycles. The molecule has 0 heterocycles. The molecule has 2 rings (SSSR count). The van der Waals surface area contributed by atoms with Crippen LogP contribution in [0.1, 0.15) is 11.1 Å². The summed E-state index contributed by atoms with van der Waals surface area (Å²) < 4.78 is 7.31. The number of ether oxygens (including phenoxy) is 1. The molecule has 0 saturated heterocycles. The van der Waals surface area contributed by atoms with Crippen LogP contribution in [0.3, 0.4) is 0 Å². The van der Waals surface area contributed by atoms with E-state index in [1.807, 2.05) is 37.3 Å². The molecular weight excluding hydrogens is 530 g/mol. The lowest BCUT2D eigenvalue weighted by atomic mass is 10.1. The van der Waals surface area contributed by atoms with Gasteiger partial charge in [0.05, 0.1) is 10.7 Å². The van der Waals surface area contributed by atoms with Gasteiger partial charge >= 0.3 is 0 Å². The van der Waals surface area contributed by atoms with Crippen molar-refractivity contribution >= 4 is 62.9 Å². The molecule has 0 aliphatic carbocycles. The Morgan fingerprint density at radius 3 is 2.50 bits per heavy atom. The van der Waals surface area contributed by atoms with Crippen molar-refractivity contribution in [3.8, 4) is 11.8 Å². The third-order valence-corrected chi connectivity index (χ3v) is 4.64. The molecule has 0 fully saturated rings. The van der Waals surface area contributed by atoms with Gasteiger partial charge in [0.1, 0.15) is 17.4 Å². The van der Waals surface area contributed by atoms with Gasteiger partial charge in [-0.25, -0.2) is 0 Å². The van der Waals surface area contributed by atoms with Crippen molar-refractivity contribution in [3.63, 3.8) is 0 Å². The minimum Gasteiger partial charge on any atom is -0.495 e. The summed E-state index contributed by atoms with van der Waals surface area (Å²) in [7, 11) is 1.57. The fourth-order valence-electron chi connectivity index (χ4n) is 2.04. The van der Waals surface area contributed by atoms with Crippen LogP contribution in [0.15, 0.2) is 42.0 Å². The highest BCUT2D eigenvalue weighted by molar-refractivity contribution is 14.1. The van der Waals surface area contributed by atoms with Crippen molar-refractivity contribution in [2.45, 2.75) is 6.92 Å². The highest BCUT2D eigenvalue weighted by Gasteiger charge is 2.13. The molecule has 0 atom stereocenters. The summed E-state index contributed by atoms with van der Waals surface area (Å²) in [5.74, 6) is 0.198. The van der Waals surface area contributed by atoms with Crippen LogP contribution >= 0.6 is 45.2 Å². The number of amides is 1. The van der Waals surface area contributed by atoms with Gasteiger partial charge in [-0.1, -0.05) is 17.7 Å². The van der Waals surface area contributed by atoms with Gasteiger partial charge in [0, 0.05) is 14.8 Å². The van der Waals surface area contributed by atoms with E-state index in [0.717, 1.165) is 12.7 Å². The average Bonchev–Trinajstić information content (AvgIpc) is 2.54. The number of carbonyl (C=O) groups excluding carboxylic acids is 1. The normalized spacial score (nSPS) is 10.9. The van der Waals surface area contributed by atoms with Gasteiger partial charge in [-0.15, -0.1) is 0 Å². The summed E-state index contributed by atoms with van der Waals surface area (Å²) in [5, 5.41) is 12.1. The lowest BCUT2D eigenvalue weighted by Crippen LogP contribution is -2.13. The Hall–Kier alpha value is -1.60. The first kappa shape index (κ1) is 18.7. The van der Waals surface area contributed by atoms with Gasteiger partial charge in [-0.3, -0.25) is 4.79 Å². The quantitative estimate of drug-likeness (QED) is 0.344. The predicted molar refractivity (Wildman–Crippen MR) is 112 cm³/mol. The summed E-state index contributed by atoms with van der Waals surface area (Å²) in [6, 6.07) is 13.2. The number of rotatable bonds is 4. The van der Waals surface area contributed by atoms with E-state index in [1.54, 1.807) is 25.3 Å². The summed E-state index contributed by atoms with van der Waals surface area (Å²) in [5.41, 5.74) is 2.47. The number of hydrogen-bond donors (Lipinski definition) is 1. The Morgan fingerprint density at radius 1 is 1.25 bits per heavy atom. The maximum atomic E-state index is 12.4. The summed E-state index contributed by atoms with van der Waals surface area (Å²) in [6.45, 7) is 1.97. The number of halogens is 2. The Kier molecular flexibility index (Phi) is 6.62. The summed E-state index contributed by atoms with van der Waals surface area (Å²) >= 11 is 4.36. The van der Waals surface area contributed by atoms with E-state index in [-0.39, 0.29) is 5.57 Å². The summed E-state index contributed by atoms with van der Waals surface area (Å²) in [4.78, 5) is 12.4. The van der Waals surface area contributed by atoms with Crippen molar-refractivity contribution < 1.29 is 9.53 Å².